The van der Waals surface area contributed by atoms with E-state index in [0.29, 0.717) is 12.8 Å². The van der Waals surface area contributed by atoms with E-state index in [9.17, 15) is 27.6 Å². The maximum Gasteiger partial charge on any atom is 0.405 e. The van der Waals surface area contributed by atoms with Crippen LogP contribution in [0.1, 0.15) is 106 Å². The summed E-state index contributed by atoms with van der Waals surface area (Å²) in [5.41, 5.74) is -2.10. The van der Waals surface area contributed by atoms with Gasteiger partial charge in [-0.1, -0.05) is 54.5 Å². The topological polar surface area (TPSA) is 67.6 Å². The van der Waals surface area contributed by atoms with Gasteiger partial charge < -0.3 is 10.1 Å². The fraction of sp³-hybridized carbons (Fsp3) is 0.824. The molecule has 8 heteroatoms. The van der Waals surface area contributed by atoms with E-state index in [4.69, 9.17) is 6.57 Å². The number of nitrogens with zero attached hydrogens (tertiary/aromatic N) is 1. The number of carbonyl (C=O) groups excluding carboxylic acids is 3. The average molecular weight is 589 g/mol. The van der Waals surface area contributed by atoms with Crippen LogP contribution < -0.4 is 5.32 Å². The highest BCUT2D eigenvalue weighted by Gasteiger charge is 2.72. The van der Waals surface area contributed by atoms with E-state index in [1.807, 2.05) is 19.9 Å². The second-order valence-electron chi connectivity index (χ2n) is 16.6. The third-order valence-electron chi connectivity index (χ3n) is 13.6. The van der Waals surface area contributed by atoms with E-state index in [2.05, 4.69) is 44.8 Å². The molecule has 0 heterocycles. The number of amides is 1. The lowest BCUT2D eigenvalue weighted by atomic mass is 9.31. The molecule has 0 unspecified atom stereocenters. The number of rotatable bonds is 3. The van der Waals surface area contributed by atoms with Gasteiger partial charge in [0.2, 0.25) is 11.6 Å². The van der Waals surface area contributed by atoms with E-state index in [0.717, 1.165) is 38.5 Å². The van der Waals surface area contributed by atoms with Crippen LogP contribution in [0, 0.1) is 62.7 Å². The summed E-state index contributed by atoms with van der Waals surface area (Å²) in [5, 5.41) is 2.11. The number of fused-ring (bicyclic) bond motifs is 7. The zero-order chi connectivity index (χ0) is 31.3. The number of Topliss-reactive ketones (excluding diaryl/α,β-unsaturated/α-hetero) is 2. The molecule has 5 nitrogen and oxygen atoms in total. The van der Waals surface area contributed by atoms with Gasteiger partial charge in [0.15, 0.2) is 5.78 Å². The average Bonchev–Trinajstić information content (AvgIpc) is 2.87. The van der Waals surface area contributed by atoms with Gasteiger partial charge in [0.25, 0.3) is 0 Å². The number of hydrogen-bond donors (Lipinski definition) is 1. The van der Waals surface area contributed by atoms with E-state index >= 15 is 0 Å². The summed E-state index contributed by atoms with van der Waals surface area (Å²) in [5.74, 6) is -0.839. The van der Waals surface area contributed by atoms with Crippen molar-refractivity contribution in [1.29, 1.82) is 0 Å². The first kappa shape index (κ1) is 31.3. The molecule has 1 N–H and O–H groups in total. The van der Waals surface area contributed by atoms with Crippen LogP contribution >= 0.6 is 0 Å². The Balaban J connectivity index is 1.55. The Morgan fingerprint density at radius 2 is 1.62 bits per heavy atom. The molecule has 0 aromatic heterocycles. The van der Waals surface area contributed by atoms with Gasteiger partial charge in [-0.25, -0.2) is 4.85 Å². The second-order valence-corrected chi connectivity index (χ2v) is 16.6. The number of nitrogens with one attached hydrogen (secondary N) is 1. The Morgan fingerprint density at radius 1 is 0.976 bits per heavy atom. The predicted molar refractivity (Wildman–Crippen MR) is 154 cm³/mol. The predicted octanol–water partition coefficient (Wildman–Crippen LogP) is 7.71. The second kappa shape index (κ2) is 9.41. The largest absolute Gasteiger partial charge is 0.405 e. The minimum Gasteiger partial charge on any atom is -0.347 e. The maximum absolute atomic E-state index is 14.6. The third-order valence-corrected chi connectivity index (χ3v) is 13.6. The summed E-state index contributed by atoms with van der Waals surface area (Å²) in [6.45, 7) is 21.5. The van der Waals surface area contributed by atoms with Crippen molar-refractivity contribution in [1.82, 2.24) is 5.32 Å². The molecule has 5 aliphatic rings. The molecule has 0 spiro atoms. The maximum atomic E-state index is 14.6. The molecule has 0 aromatic carbocycles. The molecule has 42 heavy (non-hydrogen) atoms. The number of halogens is 3. The lowest BCUT2D eigenvalue weighted by Crippen LogP contribution is -2.68. The normalized spacial score (nSPS) is 44.0. The van der Waals surface area contributed by atoms with Crippen molar-refractivity contribution in [2.24, 2.45) is 56.2 Å². The standard InChI is InChI=1S/C34H47F3N2O3/c1-28(2)11-13-33(18-25(41)39-19-34(35,36)37)14-12-32(7)26(20(33)16-28)22(40)15-24-30(5)17-21(38-8)27(42)29(3,4)23(30)9-10-31(24,32)6/h17,20,23-24,26H,9-16,18-19H2,1-7H3,(H,39,41)/t20-,23-,24+,26-,30-,31+,32+,33+/m0/s1. The molecule has 5 rings (SSSR count). The first-order chi connectivity index (χ1) is 19.2. The number of allylic oxidation sites excluding steroid dienone is 2. The van der Waals surface area contributed by atoms with Gasteiger partial charge in [0.1, 0.15) is 12.3 Å². The molecule has 232 valence electrons. The van der Waals surface area contributed by atoms with Gasteiger partial charge in [-0.3, -0.25) is 9.59 Å². The molecule has 5 aliphatic carbocycles. The summed E-state index contributed by atoms with van der Waals surface area (Å²) < 4.78 is 38.8. The smallest absolute Gasteiger partial charge is 0.347 e. The summed E-state index contributed by atoms with van der Waals surface area (Å²) in [6, 6.07) is 0. The molecule has 0 saturated heterocycles. The van der Waals surface area contributed by atoms with E-state index in [-0.39, 0.29) is 63.6 Å². The van der Waals surface area contributed by atoms with Crippen molar-refractivity contribution < 1.29 is 27.6 Å². The zero-order valence-corrected chi connectivity index (χ0v) is 26.3. The van der Waals surface area contributed by atoms with Crippen LogP contribution in [0.25, 0.3) is 4.85 Å². The Bertz CT molecular complexity index is 1280. The van der Waals surface area contributed by atoms with Crippen LogP contribution in [0.15, 0.2) is 11.8 Å². The van der Waals surface area contributed by atoms with Crippen molar-refractivity contribution in [3.8, 4) is 0 Å². The highest BCUT2D eigenvalue weighted by molar-refractivity contribution is 6.02. The van der Waals surface area contributed by atoms with Gasteiger partial charge >= 0.3 is 6.18 Å². The minimum atomic E-state index is -4.47. The van der Waals surface area contributed by atoms with Crippen molar-refractivity contribution in [3.05, 3.63) is 23.2 Å². The van der Waals surface area contributed by atoms with Crippen molar-refractivity contribution >= 4 is 17.5 Å². The number of hydrogen-bond acceptors (Lipinski definition) is 3. The zero-order valence-electron chi connectivity index (χ0n) is 26.3. The summed E-state index contributed by atoms with van der Waals surface area (Å²) in [4.78, 5) is 44.5. The summed E-state index contributed by atoms with van der Waals surface area (Å²) >= 11 is 0. The van der Waals surface area contributed by atoms with Crippen molar-refractivity contribution in [2.45, 2.75) is 112 Å². The summed E-state index contributed by atoms with van der Waals surface area (Å²) in [7, 11) is 0. The fourth-order valence-corrected chi connectivity index (χ4v) is 11.3. The molecular weight excluding hydrogens is 541 g/mol. The van der Waals surface area contributed by atoms with Crippen LogP contribution in [-0.4, -0.2) is 30.2 Å². The quantitative estimate of drug-likeness (QED) is 0.344. The van der Waals surface area contributed by atoms with Crippen LogP contribution in [0.4, 0.5) is 13.2 Å². The van der Waals surface area contributed by atoms with Gasteiger partial charge in [-0.05, 0) is 89.8 Å². The molecule has 0 bridgehead atoms. The first-order valence-electron chi connectivity index (χ1n) is 15.7. The molecule has 0 radical (unpaired) electrons. The van der Waals surface area contributed by atoms with Crippen LogP contribution in [0.5, 0.6) is 0 Å². The molecule has 4 fully saturated rings. The minimum absolute atomic E-state index is 0.0248. The lowest BCUT2D eigenvalue weighted by molar-refractivity contribution is -0.223. The highest BCUT2D eigenvalue weighted by Crippen LogP contribution is 2.76. The van der Waals surface area contributed by atoms with Gasteiger partial charge in [0, 0.05) is 24.2 Å². The monoisotopic (exact) mass is 588 g/mol. The van der Waals surface area contributed by atoms with Crippen LogP contribution in [0.2, 0.25) is 0 Å². The van der Waals surface area contributed by atoms with Gasteiger partial charge in [-0.15, -0.1) is 0 Å². The molecule has 4 saturated carbocycles. The highest BCUT2D eigenvalue weighted by atomic mass is 19.4. The fourth-order valence-electron chi connectivity index (χ4n) is 11.3. The first-order valence-corrected chi connectivity index (χ1v) is 15.7. The van der Waals surface area contributed by atoms with Gasteiger partial charge in [0.05, 0.1) is 6.57 Å². The SMILES string of the molecule is [C-]#[N+]C1=C[C@]2(C)[C@H]3CC(=O)[C@@H]4[C@@H]5CC(C)(C)CC[C@]5(CC(=O)NCC(F)(F)F)CC[C@@]4(C)[C@]3(C)CC[C@H]2C(C)(C)C1=O. The Kier molecular flexibility index (Phi) is 7.01. The van der Waals surface area contributed by atoms with Crippen LogP contribution in [-0.2, 0) is 14.4 Å². The van der Waals surface area contributed by atoms with E-state index < -0.39 is 34.9 Å². The molecular formula is C34H47F3N2O3. The van der Waals surface area contributed by atoms with Crippen molar-refractivity contribution in [2.75, 3.05) is 6.54 Å². The van der Waals surface area contributed by atoms with Crippen molar-refractivity contribution in [3.63, 3.8) is 0 Å². The number of alkyl halides is 3. The van der Waals surface area contributed by atoms with E-state index in [1.165, 1.54) is 0 Å². The number of ketones is 2. The van der Waals surface area contributed by atoms with Crippen LogP contribution in [0.3, 0.4) is 0 Å². The molecule has 0 aliphatic heterocycles. The Morgan fingerprint density at radius 3 is 2.24 bits per heavy atom. The Hall–Kier alpha value is -2.17. The molecule has 1 amide bonds. The van der Waals surface area contributed by atoms with E-state index in [1.54, 1.807) is 0 Å². The number of carbonyl (C=O) groups is 3. The Labute approximate surface area is 248 Å². The molecule has 0 aromatic rings. The third kappa shape index (κ3) is 4.41. The molecule has 8 atom stereocenters. The summed E-state index contributed by atoms with van der Waals surface area (Å²) in [6.07, 6.45) is 3.37. The lowest BCUT2D eigenvalue weighted by Gasteiger charge is -2.72. The van der Waals surface area contributed by atoms with Gasteiger partial charge in [-0.2, -0.15) is 13.2 Å².